The van der Waals surface area contributed by atoms with Crippen molar-refractivity contribution in [3.05, 3.63) is 48.6 Å². The van der Waals surface area contributed by atoms with Crippen LogP contribution in [0.4, 0.5) is 0 Å². The minimum atomic E-state index is -4.97. The van der Waals surface area contributed by atoms with E-state index in [0.717, 1.165) is 148 Å². The lowest BCUT2D eigenvalue weighted by Gasteiger charge is -2.21. The Bertz CT molecular complexity index is 2050. The maximum absolute atomic E-state index is 13.1. The van der Waals surface area contributed by atoms with Gasteiger partial charge in [0.25, 0.3) is 0 Å². The predicted molar refractivity (Wildman–Crippen MR) is 400 cm³/mol. The SMILES string of the molecule is CCCCC/C=C\C/C=C\C/C=C\CCCCCCCCC(=O)OCC(COP(=O)(O)OCC(O)COP(=O)(O)OCC(COC(=O)CCCCCCC/C=C\CCCCCC)OC(=O)CCCCCCCCCCCCC)OC(=O)CCCCCCCCCCCCCCCCC. The Hall–Kier alpha value is -2.98. The number of rotatable bonds is 76. The number of carbonyl (C=O) groups excluding carboxylic acids is 4. The molecule has 5 unspecified atom stereocenters. The highest BCUT2D eigenvalue weighted by atomic mass is 31.2. The average molecular weight is 1430 g/mol. The van der Waals surface area contributed by atoms with Crippen LogP contribution in [0.15, 0.2) is 48.6 Å². The number of carbonyl (C=O) groups is 4. The molecule has 5 atom stereocenters. The second-order valence-corrected chi connectivity index (χ2v) is 29.9. The van der Waals surface area contributed by atoms with Crippen molar-refractivity contribution in [1.29, 1.82) is 0 Å². The van der Waals surface area contributed by atoms with Crippen molar-refractivity contribution in [3.8, 4) is 0 Å². The molecule has 0 aromatic carbocycles. The average Bonchev–Trinajstić information content (AvgIpc) is 0.992. The fraction of sp³-hybridized carbons (Fsp3) is 0.848. The summed E-state index contributed by atoms with van der Waals surface area (Å²) in [4.78, 5) is 72.9. The summed E-state index contributed by atoms with van der Waals surface area (Å²) in [6.45, 7) is 4.88. The van der Waals surface area contributed by atoms with Gasteiger partial charge in [0.2, 0.25) is 0 Å². The molecule has 17 nitrogen and oxygen atoms in total. The first kappa shape index (κ1) is 95.0. The number of allylic oxidation sites excluding steroid dienone is 8. The molecular weight excluding hydrogens is 1280 g/mol. The van der Waals surface area contributed by atoms with Crippen LogP contribution in [-0.4, -0.2) is 96.7 Å². The van der Waals surface area contributed by atoms with E-state index in [0.29, 0.717) is 25.7 Å². The Morgan fingerprint density at radius 1 is 0.286 bits per heavy atom. The molecule has 0 spiro atoms. The molecular formula is C79H146O17P2. The summed E-state index contributed by atoms with van der Waals surface area (Å²) in [6.07, 6.45) is 69.5. The lowest BCUT2D eigenvalue weighted by molar-refractivity contribution is -0.161. The predicted octanol–water partition coefficient (Wildman–Crippen LogP) is 22.9. The molecule has 574 valence electrons. The van der Waals surface area contributed by atoms with Gasteiger partial charge in [-0.3, -0.25) is 37.3 Å². The van der Waals surface area contributed by atoms with Gasteiger partial charge in [-0.2, -0.15) is 0 Å². The molecule has 3 N–H and O–H groups in total. The van der Waals surface area contributed by atoms with Crippen molar-refractivity contribution in [2.45, 2.75) is 393 Å². The first-order valence-electron chi connectivity index (χ1n) is 39.9. The molecule has 0 amide bonds. The number of aliphatic hydroxyl groups is 1. The fourth-order valence-corrected chi connectivity index (χ4v) is 12.7. The van der Waals surface area contributed by atoms with Gasteiger partial charge in [0, 0.05) is 25.7 Å². The van der Waals surface area contributed by atoms with Gasteiger partial charge in [0.05, 0.1) is 26.4 Å². The Morgan fingerprint density at radius 3 is 0.806 bits per heavy atom. The molecule has 0 bridgehead atoms. The first-order valence-corrected chi connectivity index (χ1v) is 42.9. The van der Waals surface area contributed by atoms with E-state index in [2.05, 4.69) is 76.3 Å². The van der Waals surface area contributed by atoms with Gasteiger partial charge in [-0.1, -0.05) is 307 Å². The van der Waals surface area contributed by atoms with E-state index >= 15 is 0 Å². The Kier molecular flexibility index (Phi) is 70.2. The van der Waals surface area contributed by atoms with Crippen LogP contribution in [0.2, 0.25) is 0 Å². The summed E-state index contributed by atoms with van der Waals surface area (Å²) in [5, 5.41) is 10.6. The normalized spacial score (nSPS) is 14.2. The van der Waals surface area contributed by atoms with Crippen molar-refractivity contribution < 1.29 is 80.2 Å². The Morgan fingerprint density at radius 2 is 0.500 bits per heavy atom. The molecule has 98 heavy (non-hydrogen) atoms. The maximum atomic E-state index is 13.1. The summed E-state index contributed by atoms with van der Waals surface area (Å²) in [5.74, 6) is -2.16. The molecule has 0 aromatic heterocycles. The summed E-state index contributed by atoms with van der Waals surface area (Å²) in [5.41, 5.74) is 0. The Labute approximate surface area is 597 Å². The largest absolute Gasteiger partial charge is 0.472 e. The topological polar surface area (TPSA) is 237 Å². The molecule has 0 rings (SSSR count). The van der Waals surface area contributed by atoms with Gasteiger partial charge < -0.3 is 33.8 Å². The molecule has 0 aromatic rings. The first-order chi connectivity index (χ1) is 47.7. The molecule has 0 aliphatic rings. The quantitative estimate of drug-likeness (QED) is 0.0169. The van der Waals surface area contributed by atoms with E-state index in [1.54, 1.807) is 0 Å². The van der Waals surface area contributed by atoms with Gasteiger partial charge >= 0.3 is 39.5 Å². The molecule has 0 saturated heterocycles. The lowest BCUT2D eigenvalue weighted by Crippen LogP contribution is -2.30. The number of hydrogen-bond acceptors (Lipinski definition) is 15. The van der Waals surface area contributed by atoms with E-state index in [1.807, 2.05) is 0 Å². The number of phosphoric ester groups is 2. The zero-order chi connectivity index (χ0) is 71.8. The van der Waals surface area contributed by atoms with Crippen molar-refractivity contribution in [2.24, 2.45) is 0 Å². The van der Waals surface area contributed by atoms with Crippen molar-refractivity contribution in [2.75, 3.05) is 39.6 Å². The van der Waals surface area contributed by atoms with E-state index in [9.17, 15) is 43.2 Å². The van der Waals surface area contributed by atoms with Gasteiger partial charge in [-0.15, -0.1) is 0 Å². The number of hydrogen-bond donors (Lipinski definition) is 3. The summed E-state index contributed by atoms with van der Waals surface area (Å²) in [6, 6.07) is 0. The van der Waals surface area contributed by atoms with E-state index < -0.39 is 97.5 Å². The third-order valence-electron chi connectivity index (χ3n) is 17.3. The van der Waals surface area contributed by atoms with Crippen LogP contribution in [-0.2, 0) is 65.4 Å². The second kappa shape index (κ2) is 72.4. The van der Waals surface area contributed by atoms with Crippen LogP contribution in [0.3, 0.4) is 0 Å². The fourth-order valence-electron chi connectivity index (χ4n) is 11.2. The number of phosphoric acid groups is 2. The molecule has 0 aliphatic carbocycles. The highest BCUT2D eigenvalue weighted by molar-refractivity contribution is 7.47. The van der Waals surface area contributed by atoms with Gasteiger partial charge in [0.1, 0.15) is 19.3 Å². The standard InChI is InChI=1S/C79H146O17P2/c1-5-9-13-17-21-25-29-32-34-35-36-37-39-41-45-48-52-56-60-64-77(82)90-70-75(96-79(84)66-62-58-54-50-46-42-38-33-30-26-22-18-14-10-6-2)72-94-98(87,88)92-68-73(80)67-91-97(85,86)93-71-74(95-78(83)65-61-57-53-49-43-28-24-20-16-12-8-4)69-89-76(81)63-59-55-51-47-44-40-31-27-23-19-15-11-7-3/h21,25,27,31-32,34,36-37,73-75,80H,5-20,22-24,26,28-30,33,35,38-72H2,1-4H3,(H,85,86)(H,87,88)/b25-21-,31-27-,34-32-,37-36-. The number of unbranched alkanes of at least 4 members (excludes halogenated alkanes) is 42. The van der Waals surface area contributed by atoms with Gasteiger partial charge in [-0.25, -0.2) is 9.13 Å². The van der Waals surface area contributed by atoms with Gasteiger partial charge in [-0.05, 0) is 89.9 Å². The van der Waals surface area contributed by atoms with E-state index in [4.69, 9.17) is 37.0 Å². The maximum Gasteiger partial charge on any atom is 0.472 e. The zero-order valence-corrected chi connectivity index (χ0v) is 64.5. The number of aliphatic hydroxyl groups excluding tert-OH is 1. The van der Waals surface area contributed by atoms with Crippen LogP contribution in [0.5, 0.6) is 0 Å². The van der Waals surface area contributed by atoms with Crippen LogP contribution < -0.4 is 0 Å². The molecule has 0 radical (unpaired) electrons. The monoisotopic (exact) mass is 1430 g/mol. The van der Waals surface area contributed by atoms with E-state index in [1.165, 1.54) is 148 Å². The highest BCUT2D eigenvalue weighted by Crippen LogP contribution is 2.45. The van der Waals surface area contributed by atoms with Crippen LogP contribution in [0, 0.1) is 0 Å². The van der Waals surface area contributed by atoms with Crippen molar-refractivity contribution in [3.63, 3.8) is 0 Å². The molecule has 19 heteroatoms. The Balaban J connectivity index is 5.29. The third-order valence-corrected chi connectivity index (χ3v) is 19.2. The van der Waals surface area contributed by atoms with E-state index in [-0.39, 0.29) is 25.7 Å². The molecule has 0 heterocycles. The summed E-state index contributed by atoms with van der Waals surface area (Å²) < 4.78 is 68.5. The van der Waals surface area contributed by atoms with Crippen LogP contribution in [0.25, 0.3) is 0 Å². The lowest BCUT2D eigenvalue weighted by atomic mass is 10.0. The van der Waals surface area contributed by atoms with Gasteiger partial charge in [0.15, 0.2) is 12.2 Å². The minimum absolute atomic E-state index is 0.0998. The van der Waals surface area contributed by atoms with Crippen molar-refractivity contribution in [1.82, 2.24) is 0 Å². The van der Waals surface area contributed by atoms with Crippen molar-refractivity contribution >= 4 is 39.5 Å². The molecule has 0 saturated carbocycles. The van der Waals surface area contributed by atoms with Crippen LogP contribution in [0.1, 0.15) is 374 Å². The zero-order valence-electron chi connectivity index (χ0n) is 62.7. The summed E-state index contributed by atoms with van der Waals surface area (Å²) >= 11 is 0. The smallest absolute Gasteiger partial charge is 0.462 e. The number of esters is 4. The highest BCUT2D eigenvalue weighted by Gasteiger charge is 2.30. The molecule has 0 fully saturated rings. The molecule has 0 aliphatic heterocycles. The second-order valence-electron chi connectivity index (χ2n) is 27.0. The van der Waals surface area contributed by atoms with Crippen LogP contribution >= 0.6 is 15.6 Å². The minimum Gasteiger partial charge on any atom is -0.462 e. The third kappa shape index (κ3) is 71.4. The number of ether oxygens (including phenoxy) is 4. The summed E-state index contributed by atoms with van der Waals surface area (Å²) in [7, 11) is -9.93.